The molecule has 1 aromatic carbocycles. The number of primary amides is 1. The van der Waals surface area contributed by atoms with Gasteiger partial charge in [0.05, 0.1) is 5.41 Å². The van der Waals surface area contributed by atoms with Crippen molar-refractivity contribution in [3.8, 4) is 0 Å². The topological polar surface area (TPSA) is 43.1 Å². The van der Waals surface area contributed by atoms with Crippen molar-refractivity contribution in [3.05, 3.63) is 35.9 Å². The molecule has 0 fully saturated rings. The Labute approximate surface area is 78.8 Å². The van der Waals surface area contributed by atoms with E-state index in [0.717, 1.165) is 12.0 Å². The first-order chi connectivity index (χ1) is 6.11. The van der Waals surface area contributed by atoms with Gasteiger partial charge in [0.1, 0.15) is 0 Å². The Morgan fingerprint density at radius 2 is 1.92 bits per heavy atom. The summed E-state index contributed by atoms with van der Waals surface area (Å²) in [6, 6.07) is 9.65. The minimum absolute atomic E-state index is 0.263. The molecule has 1 aromatic rings. The first-order valence-electron chi connectivity index (χ1n) is 4.46. The van der Waals surface area contributed by atoms with Gasteiger partial charge in [0.2, 0.25) is 5.91 Å². The molecule has 0 spiro atoms. The van der Waals surface area contributed by atoms with Gasteiger partial charge in [0.25, 0.3) is 0 Å². The quantitative estimate of drug-likeness (QED) is 0.752. The van der Waals surface area contributed by atoms with Crippen molar-refractivity contribution in [1.29, 1.82) is 0 Å². The van der Waals surface area contributed by atoms with Crippen LogP contribution in [0.3, 0.4) is 0 Å². The molecule has 0 saturated heterocycles. The third kappa shape index (κ3) is 1.72. The minimum atomic E-state index is -0.527. The fraction of sp³-hybridized carbons (Fsp3) is 0.364. The van der Waals surface area contributed by atoms with E-state index < -0.39 is 5.41 Å². The van der Waals surface area contributed by atoms with E-state index in [1.165, 1.54) is 0 Å². The Kier molecular flexibility index (Phi) is 2.71. The van der Waals surface area contributed by atoms with Gasteiger partial charge < -0.3 is 5.73 Å². The Morgan fingerprint density at radius 1 is 1.38 bits per heavy atom. The number of benzene rings is 1. The molecule has 1 atom stereocenters. The van der Waals surface area contributed by atoms with Gasteiger partial charge in [-0.1, -0.05) is 37.3 Å². The van der Waals surface area contributed by atoms with Gasteiger partial charge in [-0.15, -0.1) is 0 Å². The standard InChI is InChI=1S/C11H15NO/c1-3-11(2,10(12)13)9-7-5-4-6-8-9/h4-8H,3H2,1-2H3,(H2,12,13)/t11-/m1/s1. The van der Waals surface area contributed by atoms with E-state index in [4.69, 9.17) is 5.73 Å². The molecule has 70 valence electrons. The van der Waals surface area contributed by atoms with E-state index in [9.17, 15) is 4.79 Å². The number of amides is 1. The zero-order valence-electron chi connectivity index (χ0n) is 8.08. The molecule has 0 aliphatic heterocycles. The summed E-state index contributed by atoms with van der Waals surface area (Å²) in [5.74, 6) is -0.263. The number of carbonyl (C=O) groups is 1. The highest BCUT2D eigenvalue weighted by Crippen LogP contribution is 2.26. The molecule has 0 aliphatic rings. The molecule has 0 saturated carbocycles. The highest BCUT2D eigenvalue weighted by molar-refractivity contribution is 5.86. The third-order valence-electron chi connectivity index (χ3n) is 2.66. The van der Waals surface area contributed by atoms with E-state index in [2.05, 4.69) is 0 Å². The first kappa shape index (κ1) is 9.78. The molecule has 2 N–H and O–H groups in total. The van der Waals surface area contributed by atoms with Gasteiger partial charge >= 0.3 is 0 Å². The van der Waals surface area contributed by atoms with Crippen LogP contribution in [0.1, 0.15) is 25.8 Å². The molecule has 2 heteroatoms. The van der Waals surface area contributed by atoms with E-state index >= 15 is 0 Å². The average molecular weight is 177 g/mol. The molecule has 1 amide bonds. The maximum Gasteiger partial charge on any atom is 0.227 e. The normalized spacial score (nSPS) is 14.9. The van der Waals surface area contributed by atoms with Crippen LogP contribution in [0.4, 0.5) is 0 Å². The second-order valence-electron chi connectivity index (χ2n) is 3.42. The lowest BCUT2D eigenvalue weighted by molar-refractivity contribution is -0.123. The monoisotopic (exact) mass is 177 g/mol. The zero-order chi connectivity index (χ0) is 9.90. The molecule has 2 nitrogen and oxygen atoms in total. The van der Waals surface area contributed by atoms with E-state index in [0.29, 0.717) is 0 Å². The molecular formula is C11H15NO. The number of carbonyl (C=O) groups excluding carboxylic acids is 1. The lowest BCUT2D eigenvalue weighted by atomic mass is 9.79. The summed E-state index contributed by atoms with van der Waals surface area (Å²) in [4.78, 5) is 11.3. The summed E-state index contributed by atoms with van der Waals surface area (Å²) in [6.07, 6.45) is 0.729. The van der Waals surface area contributed by atoms with Crippen molar-refractivity contribution in [3.63, 3.8) is 0 Å². The van der Waals surface area contributed by atoms with E-state index in [1.54, 1.807) is 0 Å². The molecule has 0 unspecified atom stereocenters. The summed E-state index contributed by atoms with van der Waals surface area (Å²) in [5, 5.41) is 0. The molecule has 0 bridgehead atoms. The van der Waals surface area contributed by atoms with Gasteiger partial charge in [-0.25, -0.2) is 0 Å². The van der Waals surface area contributed by atoms with Gasteiger partial charge in [0.15, 0.2) is 0 Å². The Bertz CT molecular complexity index is 294. The summed E-state index contributed by atoms with van der Waals surface area (Å²) >= 11 is 0. The number of hydrogen-bond acceptors (Lipinski definition) is 1. The van der Waals surface area contributed by atoms with Crippen LogP contribution < -0.4 is 5.73 Å². The molecule has 0 radical (unpaired) electrons. The largest absolute Gasteiger partial charge is 0.369 e. The number of hydrogen-bond donors (Lipinski definition) is 1. The predicted molar refractivity (Wildman–Crippen MR) is 53.3 cm³/mol. The van der Waals surface area contributed by atoms with Crippen LogP contribution >= 0.6 is 0 Å². The fourth-order valence-electron chi connectivity index (χ4n) is 1.33. The lowest BCUT2D eigenvalue weighted by Gasteiger charge is -2.24. The number of nitrogens with two attached hydrogens (primary N) is 1. The Hall–Kier alpha value is -1.31. The van der Waals surface area contributed by atoms with Crippen LogP contribution in [0, 0.1) is 0 Å². The van der Waals surface area contributed by atoms with Crippen molar-refractivity contribution in [2.75, 3.05) is 0 Å². The molecule has 0 heterocycles. The minimum Gasteiger partial charge on any atom is -0.369 e. The number of rotatable bonds is 3. The van der Waals surface area contributed by atoms with Crippen molar-refractivity contribution in [1.82, 2.24) is 0 Å². The third-order valence-corrected chi connectivity index (χ3v) is 2.66. The molecular weight excluding hydrogens is 162 g/mol. The second-order valence-corrected chi connectivity index (χ2v) is 3.42. The summed E-state index contributed by atoms with van der Waals surface area (Å²) in [7, 11) is 0. The summed E-state index contributed by atoms with van der Waals surface area (Å²) in [6.45, 7) is 3.85. The second kappa shape index (κ2) is 3.60. The van der Waals surface area contributed by atoms with Crippen LogP contribution in [0.15, 0.2) is 30.3 Å². The fourth-order valence-corrected chi connectivity index (χ4v) is 1.33. The predicted octanol–water partition coefficient (Wildman–Crippen LogP) is 1.84. The molecule has 0 aliphatic carbocycles. The van der Waals surface area contributed by atoms with E-state index in [1.807, 2.05) is 44.2 Å². The highest BCUT2D eigenvalue weighted by atomic mass is 16.1. The molecule has 1 rings (SSSR count). The highest BCUT2D eigenvalue weighted by Gasteiger charge is 2.30. The zero-order valence-corrected chi connectivity index (χ0v) is 8.08. The van der Waals surface area contributed by atoms with Crippen LogP contribution in [0.5, 0.6) is 0 Å². The van der Waals surface area contributed by atoms with Crippen molar-refractivity contribution < 1.29 is 4.79 Å². The lowest BCUT2D eigenvalue weighted by Crippen LogP contribution is -2.37. The van der Waals surface area contributed by atoms with Gasteiger partial charge in [-0.3, -0.25) is 4.79 Å². The SMILES string of the molecule is CC[C@@](C)(C(N)=O)c1ccccc1. The van der Waals surface area contributed by atoms with Crippen LogP contribution in [0.25, 0.3) is 0 Å². The molecule has 0 aromatic heterocycles. The Balaban J connectivity index is 3.11. The van der Waals surface area contributed by atoms with E-state index in [-0.39, 0.29) is 5.91 Å². The van der Waals surface area contributed by atoms with Gasteiger partial charge in [-0.2, -0.15) is 0 Å². The van der Waals surface area contributed by atoms with Crippen LogP contribution in [0.2, 0.25) is 0 Å². The summed E-state index contributed by atoms with van der Waals surface area (Å²) < 4.78 is 0. The summed E-state index contributed by atoms with van der Waals surface area (Å²) in [5.41, 5.74) is 5.84. The van der Waals surface area contributed by atoms with Crippen LogP contribution in [-0.4, -0.2) is 5.91 Å². The van der Waals surface area contributed by atoms with Crippen molar-refractivity contribution in [2.45, 2.75) is 25.7 Å². The first-order valence-corrected chi connectivity index (χ1v) is 4.46. The molecule has 13 heavy (non-hydrogen) atoms. The smallest absolute Gasteiger partial charge is 0.227 e. The maximum atomic E-state index is 11.3. The maximum absolute atomic E-state index is 11.3. The van der Waals surface area contributed by atoms with Gasteiger partial charge in [-0.05, 0) is 18.9 Å². The van der Waals surface area contributed by atoms with Gasteiger partial charge in [0, 0.05) is 0 Å². The van der Waals surface area contributed by atoms with Crippen LogP contribution in [-0.2, 0) is 10.2 Å². The van der Waals surface area contributed by atoms with Crippen molar-refractivity contribution >= 4 is 5.91 Å². The van der Waals surface area contributed by atoms with Crippen molar-refractivity contribution in [2.24, 2.45) is 5.73 Å². The average Bonchev–Trinajstić information content (AvgIpc) is 2.17. The Morgan fingerprint density at radius 3 is 2.31 bits per heavy atom.